The van der Waals surface area contributed by atoms with Gasteiger partial charge in [0.2, 0.25) is 0 Å². The molecule has 8 nitrogen and oxygen atoms in total. The molecule has 2 aromatic rings. The number of ether oxygens (including phenoxy) is 1. The van der Waals surface area contributed by atoms with E-state index in [2.05, 4.69) is 33.5 Å². The van der Waals surface area contributed by atoms with E-state index in [1.165, 1.54) is 12.5 Å². The summed E-state index contributed by atoms with van der Waals surface area (Å²) in [6.45, 7) is 2.75. The smallest absolute Gasteiger partial charge is 0.271 e. The van der Waals surface area contributed by atoms with Crippen LogP contribution in [0.25, 0.3) is 0 Å². The van der Waals surface area contributed by atoms with Crippen molar-refractivity contribution < 1.29 is 19.6 Å². The molecule has 0 spiro atoms. The minimum atomic E-state index is -0.600. The molecule has 0 aliphatic carbocycles. The Morgan fingerprint density at radius 1 is 1.23 bits per heavy atom. The number of nitro benzene ring substituents is 1. The van der Waals surface area contributed by atoms with E-state index >= 15 is 0 Å². The SMILES string of the molecule is CCCCCCOc1ccc(C(=O)NC(=S)Nc2cc([N+](=O)[O-])ccc2O)cc1Br. The number of thiocarbonyl (C=S) groups is 1. The summed E-state index contributed by atoms with van der Waals surface area (Å²) < 4.78 is 6.36. The molecule has 0 radical (unpaired) electrons. The van der Waals surface area contributed by atoms with Gasteiger partial charge in [0.05, 0.1) is 21.7 Å². The molecule has 10 heteroatoms. The fourth-order valence-corrected chi connectivity index (χ4v) is 3.23. The number of benzene rings is 2. The van der Waals surface area contributed by atoms with Crippen molar-refractivity contribution in [2.24, 2.45) is 0 Å². The number of nitrogens with zero attached hydrogens (tertiary/aromatic N) is 1. The van der Waals surface area contributed by atoms with Gasteiger partial charge in [-0.05, 0) is 58.8 Å². The molecule has 160 valence electrons. The van der Waals surface area contributed by atoms with E-state index in [0.29, 0.717) is 22.4 Å². The van der Waals surface area contributed by atoms with Crippen molar-refractivity contribution in [1.82, 2.24) is 5.32 Å². The average Bonchev–Trinajstić information content (AvgIpc) is 2.70. The number of carbonyl (C=O) groups is 1. The van der Waals surface area contributed by atoms with Gasteiger partial charge in [0.25, 0.3) is 11.6 Å². The highest BCUT2D eigenvalue weighted by molar-refractivity contribution is 9.10. The lowest BCUT2D eigenvalue weighted by Crippen LogP contribution is -2.34. The monoisotopic (exact) mass is 495 g/mol. The van der Waals surface area contributed by atoms with Crippen molar-refractivity contribution in [2.45, 2.75) is 32.6 Å². The van der Waals surface area contributed by atoms with Crippen LogP contribution in [0.5, 0.6) is 11.5 Å². The maximum absolute atomic E-state index is 12.4. The lowest BCUT2D eigenvalue weighted by molar-refractivity contribution is -0.384. The highest BCUT2D eigenvalue weighted by atomic mass is 79.9. The molecule has 0 fully saturated rings. The minimum Gasteiger partial charge on any atom is -0.506 e. The summed E-state index contributed by atoms with van der Waals surface area (Å²) >= 11 is 8.47. The van der Waals surface area contributed by atoms with Crippen LogP contribution in [-0.2, 0) is 0 Å². The molecule has 0 aliphatic rings. The Bertz CT molecular complexity index is 939. The molecule has 0 aliphatic heterocycles. The largest absolute Gasteiger partial charge is 0.506 e. The van der Waals surface area contributed by atoms with E-state index in [0.717, 1.165) is 31.4 Å². The number of rotatable bonds is 9. The summed E-state index contributed by atoms with van der Waals surface area (Å²) in [4.78, 5) is 22.7. The van der Waals surface area contributed by atoms with Crippen LogP contribution in [0.3, 0.4) is 0 Å². The predicted octanol–water partition coefficient (Wildman–Crippen LogP) is 5.15. The lowest BCUT2D eigenvalue weighted by atomic mass is 10.2. The summed E-state index contributed by atoms with van der Waals surface area (Å²) in [7, 11) is 0. The van der Waals surface area contributed by atoms with Gasteiger partial charge in [0, 0.05) is 17.7 Å². The van der Waals surface area contributed by atoms with Gasteiger partial charge in [-0.1, -0.05) is 26.2 Å². The standard InChI is InChI=1S/C20H22BrN3O5S/c1-2-3-4-5-10-29-18-9-6-13(11-15(18)21)19(26)23-20(30)22-16-12-14(24(27)28)7-8-17(16)25/h6-9,11-12,25H,2-5,10H2,1H3,(H2,22,23,26,30). The number of non-ortho nitro benzene ring substituents is 1. The number of hydrogen-bond donors (Lipinski definition) is 3. The molecule has 0 saturated carbocycles. The van der Waals surface area contributed by atoms with E-state index in [1.807, 2.05) is 0 Å². The van der Waals surface area contributed by atoms with Crippen LogP contribution in [0.15, 0.2) is 40.9 Å². The van der Waals surface area contributed by atoms with Crippen LogP contribution in [0.1, 0.15) is 43.0 Å². The molecule has 0 heterocycles. The summed E-state index contributed by atoms with van der Waals surface area (Å²) in [5.74, 6) is -0.0711. The van der Waals surface area contributed by atoms with Crippen LogP contribution in [0.2, 0.25) is 0 Å². The van der Waals surface area contributed by atoms with Crippen molar-refractivity contribution in [2.75, 3.05) is 11.9 Å². The van der Waals surface area contributed by atoms with Crippen molar-refractivity contribution in [3.05, 3.63) is 56.5 Å². The number of amides is 1. The molecule has 0 aromatic heterocycles. The van der Waals surface area contributed by atoms with Crippen LogP contribution in [-0.4, -0.2) is 27.7 Å². The third kappa shape index (κ3) is 6.96. The quantitative estimate of drug-likeness (QED) is 0.145. The van der Waals surface area contributed by atoms with Gasteiger partial charge in [0.15, 0.2) is 5.11 Å². The van der Waals surface area contributed by atoms with Gasteiger partial charge >= 0.3 is 0 Å². The molecule has 0 bridgehead atoms. The third-order valence-corrected chi connectivity index (χ3v) is 4.94. The van der Waals surface area contributed by atoms with Gasteiger partial charge < -0.3 is 15.2 Å². The highest BCUT2D eigenvalue weighted by Crippen LogP contribution is 2.28. The first kappa shape index (κ1) is 23.6. The van der Waals surface area contributed by atoms with Crippen molar-refractivity contribution in [3.63, 3.8) is 0 Å². The van der Waals surface area contributed by atoms with Gasteiger partial charge in [-0.3, -0.25) is 20.2 Å². The Labute approximate surface area is 187 Å². The zero-order chi connectivity index (χ0) is 22.1. The van der Waals surface area contributed by atoms with Gasteiger partial charge in [0.1, 0.15) is 11.5 Å². The van der Waals surface area contributed by atoms with Gasteiger partial charge in [-0.2, -0.15) is 0 Å². The summed E-state index contributed by atoms with van der Waals surface area (Å²) in [6.07, 6.45) is 4.41. The second-order valence-corrected chi connectivity index (χ2v) is 7.68. The Hall–Kier alpha value is -2.72. The first-order valence-electron chi connectivity index (χ1n) is 9.34. The number of halogens is 1. The van der Waals surface area contributed by atoms with Crippen molar-refractivity contribution >= 4 is 50.5 Å². The first-order valence-corrected chi connectivity index (χ1v) is 10.5. The number of anilines is 1. The second kappa shape index (κ2) is 11.5. The van der Waals surface area contributed by atoms with Crippen LogP contribution in [0.4, 0.5) is 11.4 Å². The van der Waals surface area contributed by atoms with Crippen LogP contribution >= 0.6 is 28.1 Å². The van der Waals surface area contributed by atoms with Gasteiger partial charge in [-0.25, -0.2) is 0 Å². The fourth-order valence-electron chi connectivity index (χ4n) is 2.54. The molecule has 0 unspecified atom stereocenters. The highest BCUT2D eigenvalue weighted by Gasteiger charge is 2.14. The number of nitro groups is 1. The fraction of sp³-hybridized carbons (Fsp3) is 0.300. The van der Waals surface area contributed by atoms with E-state index in [1.54, 1.807) is 18.2 Å². The average molecular weight is 496 g/mol. The number of hydrogen-bond acceptors (Lipinski definition) is 6. The van der Waals surface area contributed by atoms with E-state index in [-0.39, 0.29) is 22.2 Å². The number of unbranched alkanes of at least 4 members (excludes halogenated alkanes) is 3. The molecule has 1 amide bonds. The zero-order valence-corrected chi connectivity index (χ0v) is 18.7. The lowest BCUT2D eigenvalue weighted by Gasteiger charge is -2.12. The van der Waals surface area contributed by atoms with E-state index < -0.39 is 10.8 Å². The summed E-state index contributed by atoms with van der Waals surface area (Å²) in [5, 5.41) is 25.6. The van der Waals surface area contributed by atoms with E-state index in [9.17, 15) is 20.0 Å². The van der Waals surface area contributed by atoms with Crippen molar-refractivity contribution in [1.29, 1.82) is 0 Å². The molecule has 3 N–H and O–H groups in total. The molecule has 2 aromatic carbocycles. The topological polar surface area (TPSA) is 114 Å². The molecule has 0 atom stereocenters. The normalized spacial score (nSPS) is 10.3. The molecular weight excluding hydrogens is 474 g/mol. The maximum Gasteiger partial charge on any atom is 0.271 e. The Kier molecular flexibility index (Phi) is 9.00. The number of aromatic hydroxyl groups is 1. The van der Waals surface area contributed by atoms with Crippen LogP contribution < -0.4 is 15.4 Å². The van der Waals surface area contributed by atoms with E-state index in [4.69, 9.17) is 17.0 Å². The number of phenols is 1. The zero-order valence-electron chi connectivity index (χ0n) is 16.3. The molecular formula is C20H22BrN3O5S. The Morgan fingerprint density at radius 3 is 2.67 bits per heavy atom. The third-order valence-electron chi connectivity index (χ3n) is 4.12. The molecule has 2 rings (SSSR count). The maximum atomic E-state index is 12.4. The second-order valence-electron chi connectivity index (χ2n) is 6.42. The summed E-state index contributed by atoms with van der Waals surface area (Å²) in [5.41, 5.74) is 0.133. The number of phenolic OH excluding ortho intramolecular Hbond substituents is 1. The van der Waals surface area contributed by atoms with Gasteiger partial charge in [-0.15, -0.1) is 0 Å². The molecule has 0 saturated heterocycles. The Balaban J connectivity index is 1.95. The summed E-state index contributed by atoms with van der Waals surface area (Å²) in [6, 6.07) is 8.37. The molecule has 30 heavy (non-hydrogen) atoms. The predicted molar refractivity (Wildman–Crippen MR) is 122 cm³/mol. The van der Waals surface area contributed by atoms with Crippen LogP contribution in [0, 0.1) is 10.1 Å². The number of carbonyl (C=O) groups excluding carboxylic acids is 1. The van der Waals surface area contributed by atoms with Crippen molar-refractivity contribution in [3.8, 4) is 11.5 Å². The Morgan fingerprint density at radius 2 is 2.00 bits per heavy atom. The minimum absolute atomic E-state index is 0.0162. The first-order chi connectivity index (χ1) is 14.3. The number of nitrogens with one attached hydrogen (secondary N) is 2.